The Morgan fingerprint density at radius 1 is 1.32 bits per heavy atom. The molecule has 1 aliphatic rings. The summed E-state index contributed by atoms with van der Waals surface area (Å²) < 4.78 is 0. The smallest absolute Gasteiger partial charge is 0.226 e. The molecule has 122 valence electrons. The number of hydrogen-bond donors (Lipinski definition) is 0. The molecule has 0 aliphatic carbocycles. The Morgan fingerprint density at radius 2 is 2.00 bits per heavy atom. The summed E-state index contributed by atoms with van der Waals surface area (Å²) in [7, 11) is 4.08. The molecule has 22 heavy (non-hydrogen) atoms. The van der Waals surface area contributed by atoms with E-state index >= 15 is 0 Å². The molecule has 1 aliphatic heterocycles. The fourth-order valence-corrected chi connectivity index (χ4v) is 3.27. The Bertz CT molecular complexity index is 545. The van der Waals surface area contributed by atoms with Gasteiger partial charge in [0.1, 0.15) is 0 Å². The molecule has 0 saturated heterocycles. The number of carbonyl (C=O) groups excluding carboxylic acids is 1. The SMILES string of the molecule is CCCN(C)C1CCC(=O)N(C)c2cc(C(C)(C)C)ccc21. The van der Waals surface area contributed by atoms with Crippen LogP contribution < -0.4 is 4.90 Å². The van der Waals surface area contributed by atoms with Gasteiger partial charge in [-0.1, -0.05) is 39.8 Å². The molecule has 0 aromatic heterocycles. The highest BCUT2D eigenvalue weighted by molar-refractivity contribution is 5.94. The number of fused-ring (bicyclic) bond motifs is 1. The number of benzene rings is 1. The summed E-state index contributed by atoms with van der Waals surface area (Å²) in [6.07, 6.45) is 2.66. The molecular weight excluding hydrogens is 272 g/mol. The van der Waals surface area contributed by atoms with Gasteiger partial charge in [-0.2, -0.15) is 0 Å². The maximum atomic E-state index is 12.4. The average molecular weight is 302 g/mol. The standard InChI is InChI=1S/C19H30N2O/c1-7-12-20(5)16-10-11-18(22)21(6)17-13-14(19(2,3)4)8-9-15(16)17/h8-9,13,16H,7,10-12H2,1-6H3. The molecule has 1 aromatic carbocycles. The van der Waals surface area contributed by atoms with Crippen LogP contribution in [0.2, 0.25) is 0 Å². The van der Waals surface area contributed by atoms with Crippen LogP contribution in [0, 0.1) is 0 Å². The van der Waals surface area contributed by atoms with Crippen LogP contribution in [0.4, 0.5) is 5.69 Å². The number of hydrogen-bond acceptors (Lipinski definition) is 2. The van der Waals surface area contributed by atoms with Gasteiger partial charge in [0.05, 0.1) is 0 Å². The Balaban J connectivity index is 2.51. The third-order valence-corrected chi connectivity index (χ3v) is 4.73. The minimum Gasteiger partial charge on any atom is -0.315 e. The van der Waals surface area contributed by atoms with Crippen molar-refractivity contribution in [1.29, 1.82) is 0 Å². The zero-order chi connectivity index (χ0) is 16.5. The highest BCUT2D eigenvalue weighted by Gasteiger charge is 2.29. The topological polar surface area (TPSA) is 23.6 Å². The number of rotatable bonds is 3. The van der Waals surface area contributed by atoms with Gasteiger partial charge < -0.3 is 4.90 Å². The molecule has 0 spiro atoms. The quantitative estimate of drug-likeness (QED) is 0.838. The first-order chi connectivity index (χ1) is 10.3. The van der Waals surface area contributed by atoms with Crippen LogP contribution in [-0.4, -0.2) is 31.4 Å². The van der Waals surface area contributed by atoms with Crippen LogP contribution in [0.15, 0.2) is 18.2 Å². The first-order valence-electron chi connectivity index (χ1n) is 8.37. The van der Waals surface area contributed by atoms with E-state index in [0.717, 1.165) is 25.1 Å². The fourth-order valence-electron chi connectivity index (χ4n) is 3.27. The molecule has 3 heteroatoms. The summed E-state index contributed by atoms with van der Waals surface area (Å²) in [5.74, 6) is 0.222. The fraction of sp³-hybridized carbons (Fsp3) is 0.632. The highest BCUT2D eigenvalue weighted by atomic mass is 16.2. The normalized spacial score (nSPS) is 19.3. The van der Waals surface area contributed by atoms with Crippen molar-refractivity contribution < 1.29 is 4.79 Å². The van der Waals surface area contributed by atoms with E-state index < -0.39 is 0 Å². The predicted molar refractivity (Wildman–Crippen MR) is 93.4 cm³/mol. The van der Waals surface area contributed by atoms with Gasteiger partial charge in [-0.25, -0.2) is 0 Å². The van der Waals surface area contributed by atoms with E-state index in [1.165, 1.54) is 11.1 Å². The maximum Gasteiger partial charge on any atom is 0.226 e. The summed E-state index contributed by atoms with van der Waals surface area (Å²) in [6.45, 7) is 9.91. The number of amides is 1. The Labute approximate surface area is 135 Å². The van der Waals surface area contributed by atoms with Gasteiger partial charge >= 0.3 is 0 Å². The molecule has 0 saturated carbocycles. The summed E-state index contributed by atoms with van der Waals surface area (Å²) >= 11 is 0. The van der Waals surface area contributed by atoms with E-state index in [4.69, 9.17) is 0 Å². The monoisotopic (exact) mass is 302 g/mol. The molecule has 2 rings (SSSR count). The first kappa shape index (κ1) is 17.0. The van der Waals surface area contributed by atoms with E-state index in [1.807, 2.05) is 11.9 Å². The van der Waals surface area contributed by atoms with Gasteiger partial charge in [-0.05, 0) is 49.0 Å². The second-order valence-electron chi connectivity index (χ2n) is 7.51. The van der Waals surface area contributed by atoms with Crippen LogP contribution in [0.1, 0.15) is 64.1 Å². The molecule has 0 fully saturated rings. The Hall–Kier alpha value is -1.35. The Kier molecular flexibility index (Phi) is 4.96. The van der Waals surface area contributed by atoms with Crippen molar-refractivity contribution in [1.82, 2.24) is 4.90 Å². The van der Waals surface area contributed by atoms with Crippen molar-refractivity contribution in [3.05, 3.63) is 29.3 Å². The van der Waals surface area contributed by atoms with Gasteiger partial charge in [0, 0.05) is 25.2 Å². The van der Waals surface area contributed by atoms with E-state index in [1.54, 1.807) is 0 Å². The molecule has 0 radical (unpaired) electrons. The van der Waals surface area contributed by atoms with Gasteiger partial charge in [-0.15, -0.1) is 0 Å². The molecular formula is C19H30N2O. The largest absolute Gasteiger partial charge is 0.315 e. The molecule has 3 nitrogen and oxygen atoms in total. The molecule has 0 N–H and O–H groups in total. The van der Waals surface area contributed by atoms with Crippen molar-refractivity contribution in [2.24, 2.45) is 0 Å². The summed E-state index contributed by atoms with van der Waals surface area (Å²) in [5.41, 5.74) is 3.75. The average Bonchev–Trinajstić information content (AvgIpc) is 2.57. The van der Waals surface area contributed by atoms with Gasteiger partial charge in [0.25, 0.3) is 0 Å². The maximum absolute atomic E-state index is 12.4. The first-order valence-corrected chi connectivity index (χ1v) is 8.37. The van der Waals surface area contributed by atoms with Gasteiger partial charge in [0.15, 0.2) is 0 Å². The predicted octanol–water partition coefficient (Wildman–Crippen LogP) is 4.12. The third kappa shape index (κ3) is 3.35. The Morgan fingerprint density at radius 3 is 2.59 bits per heavy atom. The molecule has 1 atom stereocenters. The molecule has 1 heterocycles. The summed E-state index contributed by atoms with van der Waals surface area (Å²) in [6, 6.07) is 7.01. The molecule has 1 unspecified atom stereocenters. The second kappa shape index (κ2) is 6.41. The van der Waals surface area contributed by atoms with Gasteiger partial charge in [-0.3, -0.25) is 9.69 Å². The van der Waals surface area contributed by atoms with Gasteiger partial charge in [0.2, 0.25) is 5.91 Å². The summed E-state index contributed by atoms with van der Waals surface area (Å²) in [5, 5.41) is 0. The lowest BCUT2D eigenvalue weighted by Crippen LogP contribution is -2.26. The highest BCUT2D eigenvalue weighted by Crippen LogP contribution is 2.38. The van der Waals surface area contributed by atoms with Crippen molar-refractivity contribution in [2.75, 3.05) is 25.5 Å². The number of carbonyl (C=O) groups is 1. The van der Waals surface area contributed by atoms with Crippen molar-refractivity contribution in [2.45, 2.75) is 58.4 Å². The lowest BCUT2D eigenvalue weighted by Gasteiger charge is -2.30. The lowest BCUT2D eigenvalue weighted by molar-refractivity contribution is -0.118. The van der Waals surface area contributed by atoms with Crippen LogP contribution in [0.25, 0.3) is 0 Å². The lowest BCUT2D eigenvalue weighted by atomic mass is 9.85. The van der Waals surface area contributed by atoms with Crippen molar-refractivity contribution in [3.63, 3.8) is 0 Å². The van der Waals surface area contributed by atoms with E-state index in [9.17, 15) is 4.79 Å². The van der Waals surface area contributed by atoms with E-state index in [-0.39, 0.29) is 11.3 Å². The van der Waals surface area contributed by atoms with Crippen LogP contribution in [-0.2, 0) is 10.2 Å². The van der Waals surface area contributed by atoms with Crippen LogP contribution in [0.5, 0.6) is 0 Å². The second-order valence-corrected chi connectivity index (χ2v) is 7.51. The van der Waals surface area contributed by atoms with E-state index in [2.05, 4.69) is 57.8 Å². The minimum atomic E-state index is 0.0933. The molecule has 1 aromatic rings. The zero-order valence-corrected chi connectivity index (χ0v) is 14.9. The minimum absolute atomic E-state index is 0.0933. The van der Waals surface area contributed by atoms with Crippen molar-refractivity contribution in [3.8, 4) is 0 Å². The van der Waals surface area contributed by atoms with E-state index in [0.29, 0.717) is 12.5 Å². The van der Waals surface area contributed by atoms with Crippen molar-refractivity contribution >= 4 is 11.6 Å². The molecule has 0 bridgehead atoms. The van der Waals surface area contributed by atoms with Crippen LogP contribution >= 0.6 is 0 Å². The number of nitrogens with zero attached hydrogens (tertiary/aromatic N) is 2. The summed E-state index contributed by atoms with van der Waals surface area (Å²) in [4.78, 5) is 16.6. The zero-order valence-electron chi connectivity index (χ0n) is 14.9. The number of anilines is 1. The molecule has 1 amide bonds. The third-order valence-electron chi connectivity index (χ3n) is 4.73. The van der Waals surface area contributed by atoms with Crippen LogP contribution in [0.3, 0.4) is 0 Å².